The van der Waals surface area contributed by atoms with Crippen molar-refractivity contribution in [3.05, 3.63) is 86.8 Å². The lowest BCUT2D eigenvalue weighted by Gasteiger charge is -2.16. The Morgan fingerprint density at radius 3 is 2.25 bits per heavy atom. The zero-order chi connectivity index (χ0) is 22.1. The van der Waals surface area contributed by atoms with Crippen LogP contribution in [0.15, 0.2) is 65.1 Å². The molecule has 0 saturated carbocycles. The lowest BCUT2D eigenvalue weighted by Crippen LogP contribution is -2.17. The fraction of sp³-hybridized carbons (Fsp3) is 0.280. The fourth-order valence-corrected chi connectivity index (χ4v) is 3.85. The van der Waals surface area contributed by atoms with Crippen molar-refractivity contribution in [1.82, 2.24) is 5.32 Å². The summed E-state index contributed by atoms with van der Waals surface area (Å²) in [5.41, 5.74) is 3.45. The molecule has 0 aliphatic rings. The molecule has 0 aromatic heterocycles. The zero-order valence-electron chi connectivity index (χ0n) is 18.2. The molecule has 0 radical (unpaired) electrons. The van der Waals surface area contributed by atoms with Gasteiger partial charge in [-0.3, -0.25) is 0 Å². The summed E-state index contributed by atoms with van der Waals surface area (Å²) in [6.07, 6.45) is 0.950. The summed E-state index contributed by atoms with van der Waals surface area (Å²) in [6, 6.07) is 19.9. The summed E-state index contributed by atoms with van der Waals surface area (Å²) in [4.78, 5) is 0. The van der Waals surface area contributed by atoms with E-state index < -0.39 is 0 Å². The predicted octanol–water partition coefficient (Wildman–Crippen LogP) is 6.84. The van der Waals surface area contributed by atoms with Gasteiger partial charge in [0.1, 0.15) is 12.4 Å². The van der Waals surface area contributed by atoms with Crippen molar-refractivity contribution in [3.8, 4) is 17.2 Å². The van der Waals surface area contributed by atoms with Gasteiger partial charge in [-0.25, -0.2) is 0 Å². The number of benzene rings is 3. The Balaban J connectivity index is 0.00000363. The quantitative estimate of drug-likeness (QED) is 0.270. The van der Waals surface area contributed by atoms with Gasteiger partial charge in [0.25, 0.3) is 0 Å². The van der Waals surface area contributed by atoms with Crippen LogP contribution < -0.4 is 19.5 Å². The van der Waals surface area contributed by atoms with Crippen molar-refractivity contribution in [3.63, 3.8) is 0 Å². The van der Waals surface area contributed by atoms with Gasteiger partial charge in [-0.05, 0) is 88.9 Å². The molecule has 32 heavy (non-hydrogen) atoms. The molecule has 1 N–H and O–H groups in total. The highest BCUT2D eigenvalue weighted by atomic mass is 79.9. The van der Waals surface area contributed by atoms with E-state index in [-0.39, 0.29) is 12.4 Å². The first-order valence-electron chi connectivity index (χ1n) is 10.2. The van der Waals surface area contributed by atoms with Gasteiger partial charge in [0, 0.05) is 11.6 Å². The lowest BCUT2D eigenvalue weighted by molar-refractivity contribution is 0.267. The molecule has 4 nitrogen and oxygen atoms in total. The van der Waals surface area contributed by atoms with E-state index in [9.17, 15) is 0 Å². The van der Waals surface area contributed by atoms with E-state index in [0.29, 0.717) is 24.0 Å². The number of hydrogen-bond donors (Lipinski definition) is 1. The Bertz CT molecular complexity index is 966. The number of halogens is 3. The van der Waals surface area contributed by atoms with Crippen molar-refractivity contribution in [2.75, 3.05) is 20.3 Å². The second-order valence-electron chi connectivity index (χ2n) is 7.03. The summed E-state index contributed by atoms with van der Waals surface area (Å²) in [5.74, 6) is 2.32. The maximum atomic E-state index is 6.06. The monoisotopic (exact) mass is 539 g/mol. The van der Waals surface area contributed by atoms with Gasteiger partial charge >= 0.3 is 0 Å². The van der Waals surface area contributed by atoms with E-state index in [4.69, 9.17) is 25.8 Å². The van der Waals surface area contributed by atoms with E-state index in [1.165, 1.54) is 5.56 Å². The average molecular weight is 541 g/mol. The van der Waals surface area contributed by atoms with Gasteiger partial charge in [-0.1, -0.05) is 35.9 Å². The van der Waals surface area contributed by atoms with Crippen LogP contribution in [0, 0.1) is 0 Å². The van der Waals surface area contributed by atoms with Gasteiger partial charge in [-0.15, -0.1) is 12.4 Å². The molecule has 0 amide bonds. The summed E-state index contributed by atoms with van der Waals surface area (Å²) < 4.78 is 18.0. The van der Waals surface area contributed by atoms with E-state index in [1.807, 2.05) is 49.4 Å². The summed E-state index contributed by atoms with van der Waals surface area (Å²) >= 11 is 9.60. The largest absolute Gasteiger partial charge is 0.497 e. The third-order valence-electron chi connectivity index (χ3n) is 4.74. The molecule has 0 fully saturated rings. The molecule has 0 heterocycles. The zero-order valence-corrected chi connectivity index (χ0v) is 21.4. The third-order valence-corrected chi connectivity index (χ3v) is 5.59. The molecule has 0 aliphatic heterocycles. The number of hydrogen-bond acceptors (Lipinski definition) is 4. The van der Waals surface area contributed by atoms with Crippen molar-refractivity contribution in [2.45, 2.75) is 26.5 Å². The van der Waals surface area contributed by atoms with Crippen LogP contribution in [0.4, 0.5) is 0 Å². The second-order valence-corrected chi connectivity index (χ2v) is 8.32. The Kier molecular flexibility index (Phi) is 11.2. The van der Waals surface area contributed by atoms with Crippen molar-refractivity contribution >= 4 is 39.9 Å². The average Bonchev–Trinajstić information content (AvgIpc) is 2.78. The van der Waals surface area contributed by atoms with Gasteiger partial charge < -0.3 is 19.5 Å². The van der Waals surface area contributed by atoms with E-state index >= 15 is 0 Å². The minimum Gasteiger partial charge on any atom is -0.497 e. The summed E-state index contributed by atoms with van der Waals surface area (Å²) in [5, 5.41) is 4.21. The third kappa shape index (κ3) is 7.89. The van der Waals surface area contributed by atoms with Crippen LogP contribution in [-0.4, -0.2) is 20.3 Å². The van der Waals surface area contributed by atoms with Crippen LogP contribution in [0.3, 0.4) is 0 Å². The van der Waals surface area contributed by atoms with Crippen LogP contribution >= 0.6 is 39.9 Å². The van der Waals surface area contributed by atoms with E-state index in [2.05, 4.69) is 39.4 Å². The summed E-state index contributed by atoms with van der Waals surface area (Å²) in [6.45, 7) is 4.60. The van der Waals surface area contributed by atoms with Crippen LogP contribution in [0.2, 0.25) is 5.02 Å². The smallest absolute Gasteiger partial charge is 0.175 e. The molecule has 0 aliphatic carbocycles. The Morgan fingerprint density at radius 2 is 1.59 bits per heavy atom. The molecule has 0 spiro atoms. The molecule has 0 bridgehead atoms. The van der Waals surface area contributed by atoms with E-state index in [1.54, 1.807) is 7.11 Å². The van der Waals surface area contributed by atoms with Crippen LogP contribution in [0.5, 0.6) is 17.2 Å². The normalized spacial score (nSPS) is 10.4. The minimum absolute atomic E-state index is 0. The topological polar surface area (TPSA) is 39.7 Å². The molecular weight excluding hydrogens is 513 g/mol. The first-order chi connectivity index (χ1) is 15.1. The van der Waals surface area contributed by atoms with Crippen molar-refractivity contribution in [2.24, 2.45) is 0 Å². The fourth-order valence-electron chi connectivity index (χ4n) is 3.12. The van der Waals surface area contributed by atoms with Crippen LogP contribution in [0.25, 0.3) is 0 Å². The van der Waals surface area contributed by atoms with Crippen molar-refractivity contribution < 1.29 is 14.2 Å². The SMILES string of the molecule is CCOc1cc(CNCCc2ccc(OC)cc2)cc(Br)c1OCc1ccc(Cl)cc1.Cl. The number of rotatable bonds is 11. The van der Waals surface area contributed by atoms with E-state index in [0.717, 1.165) is 46.6 Å². The molecule has 7 heteroatoms. The van der Waals surface area contributed by atoms with Gasteiger partial charge in [0.15, 0.2) is 11.5 Å². The highest BCUT2D eigenvalue weighted by Gasteiger charge is 2.13. The molecule has 0 unspecified atom stereocenters. The standard InChI is InChI=1S/C25H27BrClNO3.ClH/c1-3-30-24-15-20(16-28-13-12-18-6-10-22(29-2)11-7-18)14-23(26)25(24)31-17-19-4-8-21(27)9-5-19;/h4-11,14-15,28H,3,12-13,16-17H2,1-2H3;1H. The molecular formula is C25H28BrCl2NO3. The number of ether oxygens (including phenoxy) is 3. The number of nitrogens with one attached hydrogen (secondary N) is 1. The Hall–Kier alpha value is -1.92. The maximum Gasteiger partial charge on any atom is 0.175 e. The molecule has 3 rings (SSSR count). The van der Waals surface area contributed by atoms with Gasteiger partial charge in [-0.2, -0.15) is 0 Å². The highest BCUT2D eigenvalue weighted by molar-refractivity contribution is 9.10. The lowest BCUT2D eigenvalue weighted by atomic mass is 10.1. The first kappa shape index (κ1) is 26.3. The molecule has 172 valence electrons. The molecule has 3 aromatic carbocycles. The molecule has 0 atom stereocenters. The van der Waals surface area contributed by atoms with Gasteiger partial charge in [0.05, 0.1) is 18.2 Å². The maximum absolute atomic E-state index is 6.06. The molecule has 3 aromatic rings. The number of methoxy groups -OCH3 is 1. The first-order valence-corrected chi connectivity index (χ1v) is 11.4. The highest BCUT2D eigenvalue weighted by Crippen LogP contribution is 2.37. The second kappa shape index (κ2) is 13.6. The van der Waals surface area contributed by atoms with Crippen LogP contribution in [0.1, 0.15) is 23.6 Å². The predicted molar refractivity (Wildman–Crippen MR) is 137 cm³/mol. The Labute approximate surface area is 209 Å². The van der Waals surface area contributed by atoms with Crippen LogP contribution in [-0.2, 0) is 19.6 Å². The minimum atomic E-state index is 0. The van der Waals surface area contributed by atoms with Gasteiger partial charge in [0.2, 0.25) is 0 Å². The Morgan fingerprint density at radius 1 is 0.906 bits per heavy atom. The summed E-state index contributed by atoms with van der Waals surface area (Å²) in [7, 11) is 1.68. The molecule has 0 saturated heterocycles. The van der Waals surface area contributed by atoms with Crippen molar-refractivity contribution in [1.29, 1.82) is 0 Å².